The van der Waals surface area contributed by atoms with Crippen LogP contribution in [0.5, 0.6) is 0 Å². The third kappa shape index (κ3) is 4.06. The van der Waals surface area contributed by atoms with Gasteiger partial charge in [0, 0.05) is 23.4 Å². The van der Waals surface area contributed by atoms with Gasteiger partial charge in [0.15, 0.2) is 5.78 Å². The molecule has 0 saturated carbocycles. The molecular weight excluding hydrogens is 436 g/mol. The highest BCUT2D eigenvalue weighted by Gasteiger charge is 2.32. The molecule has 0 saturated heterocycles. The van der Waals surface area contributed by atoms with E-state index in [-0.39, 0.29) is 21.3 Å². The van der Waals surface area contributed by atoms with E-state index < -0.39 is 15.9 Å². The van der Waals surface area contributed by atoms with Crippen LogP contribution in [0.4, 0.5) is 11.4 Å². The Kier molecular flexibility index (Phi) is 5.56. The van der Waals surface area contributed by atoms with Crippen LogP contribution in [-0.2, 0) is 16.4 Å². The van der Waals surface area contributed by atoms with E-state index in [1.54, 1.807) is 36.4 Å². The van der Waals surface area contributed by atoms with Crippen LogP contribution in [0.15, 0.2) is 71.6 Å². The minimum atomic E-state index is -3.94. The first-order chi connectivity index (χ1) is 14.8. The number of amides is 1. The number of para-hydroxylation sites is 1. The number of anilines is 2. The topological polar surface area (TPSA) is 83.5 Å². The monoisotopic (exact) mass is 454 g/mol. The van der Waals surface area contributed by atoms with Crippen LogP contribution in [0, 0.1) is 0 Å². The first-order valence-electron chi connectivity index (χ1n) is 9.60. The fourth-order valence-electron chi connectivity index (χ4n) is 3.51. The average Bonchev–Trinajstić information content (AvgIpc) is 3.19. The van der Waals surface area contributed by atoms with Gasteiger partial charge in [-0.05, 0) is 67.4 Å². The smallest absolute Gasteiger partial charge is 0.265 e. The first-order valence-corrected chi connectivity index (χ1v) is 11.4. The second kappa shape index (κ2) is 8.17. The van der Waals surface area contributed by atoms with Crippen LogP contribution >= 0.6 is 11.6 Å². The molecule has 1 heterocycles. The molecule has 1 aliphatic heterocycles. The van der Waals surface area contributed by atoms with Crippen molar-refractivity contribution >= 4 is 44.7 Å². The number of hydrogen-bond donors (Lipinski definition) is 1. The van der Waals surface area contributed by atoms with Crippen molar-refractivity contribution in [3.8, 4) is 0 Å². The normalized spacial score (nSPS) is 13.0. The maximum Gasteiger partial charge on any atom is 0.265 e. The standard InChI is InChI=1S/C23H19ClN2O4S/c1-15(27)16-6-9-19(10-7-16)25-23(28)18-8-11-20(24)22(14-18)31(29,30)26-13-12-17-4-2-3-5-21(17)26/h2-11,14H,12-13H2,1H3,(H,25,28). The second-order valence-corrected chi connectivity index (χ2v) is 9.43. The minimum Gasteiger partial charge on any atom is -0.322 e. The molecule has 0 unspecified atom stereocenters. The van der Waals surface area contributed by atoms with Crippen molar-refractivity contribution < 1.29 is 18.0 Å². The summed E-state index contributed by atoms with van der Waals surface area (Å²) >= 11 is 6.23. The Morgan fingerprint density at radius 1 is 0.968 bits per heavy atom. The van der Waals surface area contributed by atoms with Crippen molar-refractivity contribution in [1.82, 2.24) is 0 Å². The Morgan fingerprint density at radius 3 is 2.35 bits per heavy atom. The number of halogens is 1. The fourth-order valence-corrected chi connectivity index (χ4v) is 5.52. The van der Waals surface area contributed by atoms with Gasteiger partial charge in [-0.15, -0.1) is 0 Å². The molecule has 3 aromatic carbocycles. The first kappa shape index (κ1) is 21.1. The van der Waals surface area contributed by atoms with E-state index in [1.807, 2.05) is 12.1 Å². The number of ketones is 1. The summed E-state index contributed by atoms with van der Waals surface area (Å²) in [6.45, 7) is 1.78. The zero-order chi connectivity index (χ0) is 22.2. The molecule has 0 atom stereocenters. The molecule has 3 aromatic rings. The summed E-state index contributed by atoms with van der Waals surface area (Å²) in [5.41, 5.74) is 2.75. The van der Waals surface area contributed by atoms with Gasteiger partial charge in [-0.1, -0.05) is 29.8 Å². The quantitative estimate of drug-likeness (QED) is 0.573. The Morgan fingerprint density at radius 2 is 1.65 bits per heavy atom. The van der Waals surface area contributed by atoms with E-state index in [1.165, 1.54) is 29.4 Å². The Balaban J connectivity index is 1.62. The number of nitrogens with zero attached hydrogens (tertiary/aromatic N) is 1. The molecule has 1 aliphatic rings. The summed E-state index contributed by atoms with van der Waals surface area (Å²) in [6, 6.07) is 17.9. The molecule has 0 aliphatic carbocycles. The zero-order valence-corrected chi connectivity index (χ0v) is 18.2. The largest absolute Gasteiger partial charge is 0.322 e. The summed E-state index contributed by atoms with van der Waals surface area (Å²) < 4.78 is 28.0. The highest BCUT2D eigenvalue weighted by Crippen LogP contribution is 2.35. The van der Waals surface area contributed by atoms with Crippen molar-refractivity contribution in [1.29, 1.82) is 0 Å². The molecule has 1 N–H and O–H groups in total. The van der Waals surface area contributed by atoms with Gasteiger partial charge < -0.3 is 5.32 Å². The number of hydrogen-bond acceptors (Lipinski definition) is 4. The van der Waals surface area contributed by atoms with E-state index in [9.17, 15) is 18.0 Å². The number of fused-ring (bicyclic) bond motifs is 1. The molecule has 31 heavy (non-hydrogen) atoms. The molecule has 0 radical (unpaired) electrons. The van der Waals surface area contributed by atoms with Crippen molar-refractivity contribution in [3.63, 3.8) is 0 Å². The molecule has 0 fully saturated rings. The lowest BCUT2D eigenvalue weighted by atomic mass is 10.1. The Hall–Kier alpha value is -3.16. The number of sulfonamides is 1. The average molecular weight is 455 g/mol. The highest BCUT2D eigenvalue weighted by molar-refractivity contribution is 7.93. The maximum atomic E-state index is 13.3. The molecule has 0 spiro atoms. The predicted molar refractivity (Wildman–Crippen MR) is 121 cm³/mol. The van der Waals surface area contributed by atoms with E-state index >= 15 is 0 Å². The fraction of sp³-hybridized carbons (Fsp3) is 0.130. The lowest BCUT2D eigenvalue weighted by Gasteiger charge is -2.20. The lowest BCUT2D eigenvalue weighted by molar-refractivity contribution is 0.101. The number of benzene rings is 3. The predicted octanol–water partition coefficient (Wildman–Crippen LogP) is 4.55. The van der Waals surface area contributed by atoms with Crippen LogP contribution in [0.3, 0.4) is 0 Å². The van der Waals surface area contributed by atoms with Gasteiger partial charge in [0.1, 0.15) is 4.90 Å². The van der Waals surface area contributed by atoms with Gasteiger partial charge in [0.05, 0.1) is 10.7 Å². The molecular formula is C23H19ClN2O4S. The number of rotatable bonds is 5. The minimum absolute atomic E-state index is 0.0479. The summed E-state index contributed by atoms with van der Waals surface area (Å²) in [5, 5.41) is 2.75. The van der Waals surface area contributed by atoms with E-state index in [4.69, 9.17) is 11.6 Å². The number of carbonyl (C=O) groups is 2. The molecule has 6 nitrogen and oxygen atoms in total. The van der Waals surface area contributed by atoms with Gasteiger partial charge in [-0.3, -0.25) is 13.9 Å². The zero-order valence-electron chi connectivity index (χ0n) is 16.6. The summed E-state index contributed by atoms with van der Waals surface area (Å²) in [4.78, 5) is 24.0. The van der Waals surface area contributed by atoms with Gasteiger partial charge in [0.25, 0.3) is 15.9 Å². The molecule has 0 aromatic heterocycles. The van der Waals surface area contributed by atoms with Gasteiger partial charge >= 0.3 is 0 Å². The Labute approximate surface area is 185 Å². The molecule has 1 amide bonds. The number of Topliss-reactive ketones (excluding diaryl/α,β-unsaturated/α-hetero) is 1. The number of carbonyl (C=O) groups excluding carboxylic acids is 2. The van der Waals surface area contributed by atoms with Gasteiger partial charge in [0.2, 0.25) is 0 Å². The third-order valence-electron chi connectivity index (χ3n) is 5.16. The van der Waals surface area contributed by atoms with Gasteiger partial charge in [-0.2, -0.15) is 0 Å². The van der Waals surface area contributed by atoms with Crippen molar-refractivity contribution in [2.24, 2.45) is 0 Å². The van der Waals surface area contributed by atoms with E-state index in [0.717, 1.165) is 5.56 Å². The van der Waals surface area contributed by atoms with Crippen molar-refractivity contribution in [2.75, 3.05) is 16.2 Å². The van der Waals surface area contributed by atoms with E-state index in [0.29, 0.717) is 29.9 Å². The molecule has 8 heteroatoms. The SMILES string of the molecule is CC(=O)c1ccc(NC(=O)c2ccc(Cl)c(S(=O)(=O)N3CCc4ccccc43)c2)cc1. The van der Waals surface area contributed by atoms with Crippen LogP contribution in [0.2, 0.25) is 5.02 Å². The molecule has 0 bridgehead atoms. The number of nitrogens with one attached hydrogen (secondary N) is 1. The maximum absolute atomic E-state index is 13.3. The lowest BCUT2D eigenvalue weighted by Crippen LogP contribution is -2.29. The van der Waals surface area contributed by atoms with Crippen LogP contribution in [0.1, 0.15) is 33.2 Å². The van der Waals surface area contributed by atoms with Crippen LogP contribution < -0.4 is 9.62 Å². The Bertz CT molecular complexity index is 1290. The third-order valence-corrected chi connectivity index (χ3v) is 7.45. The summed E-state index contributed by atoms with van der Waals surface area (Å²) in [5.74, 6) is -0.556. The van der Waals surface area contributed by atoms with Crippen molar-refractivity contribution in [2.45, 2.75) is 18.2 Å². The van der Waals surface area contributed by atoms with Crippen LogP contribution in [0.25, 0.3) is 0 Å². The van der Waals surface area contributed by atoms with Gasteiger partial charge in [-0.25, -0.2) is 8.42 Å². The second-order valence-electron chi connectivity index (χ2n) is 7.19. The molecule has 4 rings (SSSR count). The van der Waals surface area contributed by atoms with E-state index in [2.05, 4.69) is 5.32 Å². The molecule has 158 valence electrons. The summed E-state index contributed by atoms with van der Waals surface area (Å²) in [7, 11) is -3.94. The van der Waals surface area contributed by atoms with Crippen LogP contribution in [-0.4, -0.2) is 26.7 Å². The van der Waals surface area contributed by atoms with Crippen molar-refractivity contribution in [3.05, 3.63) is 88.4 Å². The highest BCUT2D eigenvalue weighted by atomic mass is 35.5. The summed E-state index contributed by atoms with van der Waals surface area (Å²) in [6.07, 6.45) is 0.615.